The van der Waals surface area contributed by atoms with Crippen molar-refractivity contribution in [3.8, 4) is 11.5 Å². The van der Waals surface area contributed by atoms with Crippen LogP contribution in [0.1, 0.15) is 42.1 Å². The number of fused-ring (bicyclic) bond motifs is 4. The van der Waals surface area contributed by atoms with Gasteiger partial charge >= 0.3 is 6.03 Å². The van der Waals surface area contributed by atoms with Gasteiger partial charge in [0.25, 0.3) is 0 Å². The number of nitrogens with zero attached hydrogens (tertiary/aromatic N) is 1. The molecule has 1 fully saturated rings. The second-order valence-corrected chi connectivity index (χ2v) is 9.86. The molecule has 3 aromatic rings. The Hall–Kier alpha value is -4.00. The van der Waals surface area contributed by atoms with Crippen molar-refractivity contribution in [3.05, 3.63) is 89.0 Å². The number of carbonyl (C=O) groups excluding carboxylic acids is 2. The van der Waals surface area contributed by atoms with Gasteiger partial charge in [-0.3, -0.25) is 9.69 Å². The summed E-state index contributed by atoms with van der Waals surface area (Å²) in [5.74, 6) is 0.253. The van der Waals surface area contributed by atoms with Crippen molar-refractivity contribution in [2.45, 2.75) is 45.9 Å². The van der Waals surface area contributed by atoms with Crippen molar-refractivity contribution >= 4 is 17.6 Å². The quantitative estimate of drug-likeness (QED) is 0.458. The number of hydrogen-bond donors (Lipinski definition) is 2. The van der Waals surface area contributed by atoms with Crippen LogP contribution in [-0.4, -0.2) is 35.7 Å². The topological polar surface area (TPSA) is 79.9 Å². The summed E-state index contributed by atoms with van der Waals surface area (Å²) in [5, 5.41) is 6.23. The maximum Gasteiger partial charge on any atom is 0.321 e. The lowest BCUT2D eigenvalue weighted by molar-refractivity contribution is -0.154. The van der Waals surface area contributed by atoms with Crippen molar-refractivity contribution in [1.82, 2.24) is 10.2 Å². The number of nitrogens with one attached hydrogen (secondary N) is 2. The Morgan fingerprint density at radius 2 is 1.89 bits per heavy atom. The van der Waals surface area contributed by atoms with E-state index in [9.17, 15) is 9.59 Å². The van der Waals surface area contributed by atoms with Crippen LogP contribution in [0.3, 0.4) is 0 Å². The number of benzene rings is 3. The Morgan fingerprint density at radius 3 is 2.62 bits per heavy atom. The van der Waals surface area contributed by atoms with E-state index < -0.39 is 17.7 Å². The summed E-state index contributed by atoms with van der Waals surface area (Å²) < 4.78 is 12.5. The van der Waals surface area contributed by atoms with Crippen LogP contribution >= 0.6 is 0 Å². The van der Waals surface area contributed by atoms with E-state index in [1.807, 2.05) is 94.4 Å². The van der Waals surface area contributed by atoms with E-state index in [1.165, 1.54) is 0 Å². The number of urea groups is 1. The normalized spacial score (nSPS) is 21.9. The second kappa shape index (κ2) is 9.81. The number of anilines is 1. The molecule has 0 aliphatic carbocycles. The van der Waals surface area contributed by atoms with Crippen LogP contribution in [0.2, 0.25) is 0 Å². The van der Waals surface area contributed by atoms with Crippen molar-refractivity contribution in [2.24, 2.45) is 5.92 Å². The number of amides is 3. The van der Waals surface area contributed by atoms with E-state index in [-0.39, 0.29) is 11.9 Å². The van der Waals surface area contributed by atoms with Crippen LogP contribution in [-0.2, 0) is 11.2 Å². The Bertz CT molecular complexity index is 1330. The molecule has 2 bridgehead atoms. The zero-order valence-corrected chi connectivity index (χ0v) is 21.7. The largest absolute Gasteiger partial charge is 0.490 e. The van der Waals surface area contributed by atoms with Crippen molar-refractivity contribution in [1.29, 1.82) is 0 Å². The van der Waals surface area contributed by atoms with E-state index in [1.54, 1.807) is 4.90 Å². The highest BCUT2D eigenvalue weighted by Gasteiger charge is 2.60. The van der Waals surface area contributed by atoms with E-state index in [4.69, 9.17) is 9.47 Å². The molecule has 0 aromatic heterocycles. The number of rotatable bonds is 7. The van der Waals surface area contributed by atoms with Gasteiger partial charge in [-0.25, -0.2) is 4.79 Å². The van der Waals surface area contributed by atoms with Crippen molar-refractivity contribution < 1.29 is 19.1 Å². The molecule has 5 rings (SSSR count). The third kappa shape index (κ3) is 4.50. The fourth-order valence-electron chi connectivity index (χ4n) is 5.48. The molecule has 7 heteroatoms. The molecular formula is C30H33N3O4. The van der Waals surface area contributed by atoms with Gasteiger partial charge in [-0.05, 0) is 57.4 Å². The van der Waals surface area contributed by atoms with Gasteiger partial charge in [0.15, 0.2) is 17.2 Å². The zero-order chi connectivity index (χ0) is 26.2. The molecular weight excluding hydrogens is 466 g/mol. The first kappa shape index (κ1) is 24.7. The average Bonchev–Trinajstić information content (AvgIpc) is 2.86. The van der Waals surface area contributed by atoms with Crippen LogP contribution in [0, 0.1) is 19.8 Å². The molecule has 2 heterocycles. The molecule has 1 saturated heterocycles. The fraction of sp³-hybridized carbons (Fsp3) is 0.333. The van der Waals surface area contributed by atoms with Gasteiger partial charge in [0.05, 0.1) is 12.6 Å². The summed E-state index contributed by atoms with van der Waals surface area (Å²) in [6, 6.07) is 20.7. The molecule has 0 unspecified atom stereocenters. The highest BCUT2D eigenvalue weighted by Crippen LogP contribution is 2.51. The molecule has 2 N–H and O–H groups in total. The smallest absolute Gasteiger partial charge is 0.321 e. The van der Waals surface area contributed by atoms with Crippen LogP contribution < -0.4 is 20.1 Å². The Morgan fingerprint density at radius 1 is 1.11 bits per heavy atom. The maximum atomic E-state index is 14.0. The van der Waals surface area contributed by atoms with Gasteiger partial charge in [-0.1, -0.05) is 60.2 Å². The number of ether oxygens (including phenoxy) is 2. The van der Waals surface area contributed by atoms with Crippen LogP contribution in [0.4, 0.5) is 10.5 Å². The first-order valence-electron chi connectivity index (χ1n) is 12.8. The van der Waals surface area contributed by atoms with Gasteiger partial charge in [0.1, 0.15) is 5.92 Å². The van der Waals surface area contributed by atoms with Crippen molar-refractivity contribution in [2.75, 3.05) is 18.5 Å². The Balaban J connectivity index is 1.55. The number of hydrogen-bond acceptors (Lipinski definition) is 4. The van der Waals surface area contributed by atoms with Crippen LogP contribution in [0.5, 0.6) is 11.5 Å². The molecule has 2 aliphatic heterocycles. The summed E-state index contributed by atoms with van der Waals surface area (Å²) in [5.41, 5.74) is 3.45. The van der Waals surface area contributed by atoms with E-state index in [2.05, 4.69) is 10.6 Å². The zero-order valence-electron chi connectivity index (χ0n) is 21.7. The van der Waals surface area contributed by atoms with Crippen LogP contribution in [0.15, 0.2) is 66.7 Å². The molecule has 0 radical (unpaired) electrons. The van der Waals surface area contributed by atoms with Gasteiger partial charge in [0, 0.05) is 17.8 Å². The van der Waals surface area contributed by atoms with Gasteiger partial charge < -0.3 is 20.1 Å². The highest BCUT2D eigenvalue weighted by atomic mass is 16.5. The van der Waals surface area contributed by atoms with Gasteiger partial charge in [0.2, 0.25) is 5.91 Å². The Kier molecular flexibility index (Phi) is 6.54. The monoisotopic (exact) mass is 499 g/mol. The highest BCUT2D eigenvalue weighted by molar-refractivity contribution is 5.96. The summed E-state index contributed by atoms with van der Waals surface area (Å²) in [6.07, 6.45) is 0.628. The van der Waals surface area contributed by atoms with Gasteiger partial charge in [-0.2, -0.15) is 0 Å². The lowest BCUT2D eigenvalue weighted by Crippen LogP contribution is -2.72. The summed E-state index contributed by atoms with van der Waals surface area (Å²) in [4.78, 5) is 29.1. The number of aryl methyl sites for hydroxylation is 2. The molecule has 3 aromatic carbocycles. The standard InChI is InChI=1S/C30H33N3O4/c1-5-36-24-13-9-12-22-26-25(28(34)31-23-15-14-19(2)18-20(23)3)30(4,37-27(22)24)33(29(35)32-26)17-16-21-10-7-6-8-11-21/h6-15,18,25-26H,5,16-17H2,1-4H3,(H,31,34)(H,32,35)/t25-,26-,30+/m1/s1. The van der Waals surface area contributed by atoms with Crippen LogP contribution in [0.25, 0.3) is 0 Å². The lowest BCUT2D eigenvalue weighted by atomic mass is 9.78. The minimum Gasteiger partial charge on any atom is -0.490 e. The summed E-state index contributed by atoms with van der Waals surface area (Å²) in [7, 11) is 0. The second-order valence-electron chi connectivity index (χ2n) is 9.86. The maximum absolute atomic E-state index is 14.0. The lowest BCUT2D eigenvalue weighted by Gasteiger charge is -2.54. The van der Waals surface area contributed by atoms with Gasteiger partial charge in [-0.15, -0.1) is 0 Å². The molecule has 3 atom stereocenters. The molecule has 7 nitrogen and oxygen atoms in total. The van der Waals surface area contributed by atoms with E-state index >= 15 is 0 Å². The first-order valence-corrected chi connectivity index (χ1v) is 12.8. The predicted octanol–water partition coefficient (Wildman–Crippen LogP) is 5.37. The number of carbonyl (C=O) groups is 2. The Labute approximate surface area is 217 Å². The van der Waals surface area contributed by atoms with Crippen molar-refractivity contribution in [3.63, 3.8) is 0 Å². The molecule has 192 valence electrons. The molecule has 2 aliphatic rings. The molecule has 3 amide bonds. The predicted molar refractivity (Wildman–Crippen MR) is 143 cm³/mol. The molecule has 37 heavy (non-hydrogen) atoms. The third-order valence-corrected chi connectivity index (χ3v) is 7.31. The number of para-hydroxylation sites is 1. The third-order valence-electron chi connectivity index (χ3n) is 7.31. The summed E-state index contributed by atoms with van der Waals surface area (Å²) in [6.45, 7) is 8.60. The average molecular weight is 500 g/mol. The summed E-state index contributed by atoms with van der Waals surface area (Å²) >= 11 is 0. The minimum absolute atomic E-state index is 0.211. The minimum atomic E-state index is -1.23. The van der Waals surface area contributed by atoms with E-state index in [0.717, 1.165) is 27.9 Å². The first-order chi connectivity index (χ1) is 17.8. The molecule has 0 spiro atoms. The SMILES string of the molecule is CCOc1cccc2c1O[C@@]1(C)[C@@H](C(=O)Nc3ccc(C)cc3C)[C@@H]2NC(=O)N1CCc1ccccc1. The molecule has 0 saturated carbocycles. The fourth-order valence-corrected chi connectivity index (χ4v) is 5.48. The van der Waals surface area contributed by atoms with E-state index in [0.29, 0.717) is 31.1 Å².